The molecule has 0 aromatic heterocycles. The largest absolute Gasteiger partial charge is 0.456 e. The summed E-state index contributed by atoms with van der Waals surface area (Å²) in [6.07, 6.45) is 3.30. The minimum Gasteiger partial charge on any atom is -0.456 e. The molecule has 0 spiro atoms. The van der Waals surface area contributed by atoms with Crippen molar-refractivity contribution >= 4 is 34.6 Å². The number of halogens is 1. The summed E-state index contributed by atoms with van der Waals surface area (Å²) in [6, 6.07) is 27.2. The van der Waals surface area contributed by atoms with Crippen molar-refractivity contribution in [2.75, 3.05) is 6.54 Å². The monoisotopic (exact) mass is 508 g/mol. The third-order valence-electron chi connectivity index (χ3n) is 4.37. The van der Waals surface area contributed by atoms with E-state index < -0.39 is 0 Å². The van der Waals surface area contributed by atoms with Crippen molar-refractivity contribution in [3.05, 3.63) is 99.1 Å². The van der Waals surface area contributed by atoms with Gasteiger partial charge < -0.3 is 10.1 Å². The van der Waals surface area contributed by atoms with Crippen molar-refractivity contribution < 1.29 is 9.53 Å². The Morgan fingerprint density at radius 1 is 1.03 bits per heavy atom. The lowest BCUT2D eigenvalue weighted by Gasteiger charge is -2.09. The number of rotatable bonds is 8. The number of nitrogens with zero attached hydrogens (tertiary/aromatic N) is 1. The van der Waals surface area contributed by atoms with E-state index in [2.05, 4.69) is 40.0 Å². The second-order valence-corrected chi connectivity index (χ2v) is 7.78. The number of nitrogens with one attached hydrogen (secondary N) is 1. The molecule has 0 bridgehead atoms. The number of aryl methyl sites for hydroxylation is 1. The molecule has 0 aliphatic heterocycles. The fourth-order valence-electron chi connectivity index (χ4n) is 2.85. The number of nitriles is 1. The van der Waals surface area contributed by atoms with Gasteiger partial charge in [0.2, 0.25) is 0 Å². The van der Waals surface area contributed by atoms with Gasteiger partial charge >= 0.3 is 0 Å². The third-order valence-corrected chi connectivity index (χ3v) is 5.22. The Morgan fingerprint density at radius 3 is 2.40 bits per heavy atom. The maximum absolute atomic E-state index is 12.4. The van der Waals surface area contributed by atoms with Crippen LogP contribution in [0.15, 0.2) is 84.4 Å². The lowest BCUT2D eigenvalue weighted by Crippen LogP contribution is -2.25. The van der Waals surface area contributed by atoms with Crippen LogP contribution >= 0.6 is 22.6 Å². The number of carbonyl (C=O) groups is 1. The number of hydrogen-bond acceptors (Lipinski definition) is 3. The highest BCUT2D eigenvalue weighted by molar-refractivity contribution is 14.1. The van der Waals surface area contributed by atoms with Gasteiger partial charge in [-0.1, -0.05) is 54.6 Å². The van der Waals surface area contributed by atoms with Crippen molar-refractivity contribution in [3.63, 3.8) is 0 Å². The molecule has 3 rings (SSSR count). The number of para-hydroxylation sites is 1. The van der Waals surface area contributed by atoms with Gasteiger partial charge in [-0.2, -0.15) is 5.26 Å². The smallest absolute Gasteiger partial charge is 0.261 e. The van der Waals surface area contributed by atoms with Gasteiger partial charge in [0.1, 0.15) is 23.1 Å². The molecule has 0 unspecified atom stereocenters. The Balaban J connectivity index is 1.58. The Kier molecular flexibility index (Phi) is 8.04. The first-order valence-electron chi connectivity index (χ1n) is 9.62. The lowest BCUT2D eigenvalue weighted by molar-refractivity contribution is -0.117. The summed E-state index contributed by atoms with van der Waals surface area (Å²) < 4.78 is 6.77. The van der Waals surface area contributed by atoms with Gasteiger partial charge in [0.05, 0.1) is 3.57 Å². The number of ether oxygens (including phenoxy) is 1. The average molecular weight is 508 g/mol. The molecule has 30 heavy (non-hydrogen) atoms. The lowest BCUT2D eigenvalue weighted by atomic mass is 10.1. The Bertz CT molecular complexity index is 1060. The van der Waals surface area contributed by atoms with Crippen LogP contribution in [-0.2, 0) is 11.2 Å². The molecule has 0 saturated heterocycles. The normalized spacial score (nSPS) is 10.9. The van der Waals surface area contributed by atoms with E-state index in [1.807, 2.05) is 72.8 Å². The van der Waals surface area contributed by atoms with Crippen molar-refractivity contribution in [1.82, 2.24) is 5.32 Å². The summed E-state index contributed by atoms with van der Waals surface area (Å²) in [6.45, 7) is 0.522. The molecule has 3 aromatic rings. The van der Waals surface area contributed by atoms with Crippen LogP contribution in [0.1, 0.15) is 17.5 Å². The minimum atomic E-state index is -0.356. The zero-order chi connectivity index (χ0) is 21.2. The predicted octanol–water partition coefficient (Wildman–Crippen LogP) is 5.74. The highest BCUT2D eigenvalue weighted by atomic mass is 127. The first-order chi connectivity index (χ1) is 14.7. The quantitative estimate of drug-likeness (QED) is 0.183. The number of hydrogen-bond donors (Lipinski definition) is 1. The first kappa shape index (κ1) is 21.6. The van der Waals surface area contributed by atoms with Crippen molar-refractivity contribution in [3.8, 4) is 17.6 Å². The predicted molar refractivity (Wildman–Crippen MR) is 127 cm³/mol. The number of benzene rings is 3. The molecule has 150 valence electrons. The molecule has 3 aromatic carbocycles. The summed E-state index contributed by atoms with van der Waals surface area (Å²) in [5.41, 5.74) is 2.09. The average Bonchev–Trinajstić information content (AvgIpc) is 2.78. The second-order valence-electron chi connectivity index (χ2n) is 6.62. The van der Waals surface area contributed by atoms with Crippen LogP contribution in [0.2, 0.25) is 0 Å². The van der Waals surface area contributed by atoms with Crippen molar-refractivity contribution in [2.45, 2.75) is 12.8 Å². The molecule has 0 saturated carbocycles. The molecule has 4 nitrogen and oxygen atoms in total. The van der Waals surface area contributed by atoms with Gasteiger partial charge in [-0.05, 0) is 76.9 Å². The highest BCUT2D eigenvalue weighted by Gasteiger charge is 2.10. The van der Waals surface area contributed by atoms with Crippen LogP contribution in [0.5, 0.6) is 11.5 Å². The fraction of sp³-hybridized carbons (Fsp3) is 0.120. The third kappa shape index (κ3) is 6.46. The van der Waals surface area contributed by atoms with E-state index in [9.17, 15) is 10.1 Å². The van der Waals surface area contributed by atoms with Crippen LogP contribution < -0.4 is 10.1 Å². The van der Waals surface area contributed by atoms with Gasteiger partial charge in [-0.15, -0.1) is 0 Å². The van der Waals surface area contributed by atoms with Crippen molar-refractivity contribution in [1.29, 1.82) is 5.26 Å². The number of carbonyl (C=O) groups excluding carboxylic acids is 1. The van der Waals surface area contributed by atoms with Crippen LogP contribution in [0.3, 0.4) is 0 Å². The van der Waals surface area contributed by atoms with Crippen LogP contribution in [-0.4, -0.2) is 12.5 Å². The molecule has 5 heteroatoms. The van der Waals surface area contributed by atoms with E-state index in [1.54, 1.807) is 6.08 Å². The van der Waals surface area contributed by atoms with E-state index >= 15 is 0 Å². The Labute approximate surface area is 190 Å². The first-order valence-corrected chi connectivity index (χ1v) is 10.7. The number of amides is 1. The van der Waals surface area contributed by atoms with Gasteiger partial charge in [-0.3, -0.25) is 4.79 Å². The zero-order valence-electron chi connectivity index (χ0n) is 16.3. The molecule has 0 aliphatic carbocycles. The molecule has 0 heterocycles. The van der Waals surface area contributed by atoms with Crippen LogP contribution in [0.25, 0.3) is 6.08 Å². The van der Waals surface area contributed by atoms with Gasteiger partial charge in [-0.25, -0.2) is 0 Å². The summed E-state index contributed by atoms with van der Waals surface area (Å²) >= 11 is 2.18. The molecule has 0 aliphatic rings. The summed E-state index contributed by atoms with van der Waals surface area (Å²) in [7, 11) is 0. The maximum atomic E-state index is 12.4. The van der Waals surface area contributed by atoms with E-state index in [0.717, 1.165) is 33.5 Å². The topological polar surface area (TPSA) is 62.1 Å². The van der Waals surface area contributed by atoms with Gasteiger partial charge in [0.15, 0.2) is 0 Å². The molecule has 1 amide bonds. The van der Waals surface area contributed by atoms with E-state index in [4.69, 9.17) is 4.74 Å². The molecule has 0 radical (unpaired) electrons. The summed E-state index contributed by atoms with van der Waals surface area (Å²) in [4.78, 5) is 12.4. The fourth-order valence-corrected chi connectivity index (χ4v) is 3.50. The SMILES string of the molecule is N#C/C(=C\c1ccc(Oc2ccccc2)c(I)c1)C(=O)NCCCc1ccccc1. The minimum absolute atomic E-state index is 0.0854. The van der Waals surface area contributed by atoms with E-state index in [0.29, 0.717) is 6.54 Å². The highest BCUT2D eigenvalue weighted by Crippen LogP contribution is 2.28. The standard InChI is InChI=1S/C25H21IN2O2/c26-23-17-20(13-14-24(23)30-22-11-5-2-6-12-22)16-21(18-27)25(29)28-15-7-10-19-8-3-1-4-9-19/h1-6,8-9,11-14,16-17H,7,10,15H2,(H,28,29)/b21-16+. The van der Waals surface area contributed by atoms with Crippen LogP contribution in [0.4, 0.5) is 0 Å². The molecule has 0 fully saturated rings. The van der Waals surface area contributed by atoms with Crippen molar-refractivity contribution in [2.24, 2.45) is 0 Å². The maximum Gasteiger partial charge on any atom is 0.261 e. The van der Waals surface area contributed by atoms with E-state index in [1.165, 1.54) is 5.56 Å². The summed E-state index contributed by atoms with van der Waals surface area (Å²) in [5.74, 6) is 1.12. The van der Waals surface area contributed by atoms with Crippen LogP contribution in [0, 0.1) is 14.9 Å². The second kappa shape index (κ2) is 11.2. The van der Waals surface area contributed by atoms with E-state index in [-0.39, 0.29) is 11.5 Å². The van der Waals surface area contributed by atoms with Gasteiger partial charge in [0, 0.05) is 6.54 Å². The Morgan fingerprint density at radius 2 is 1.73 bits per heavy atom. The molecular formula is C25H21IN2O2. The molecular weight excluding hydrogens is 487 g/mol. The zero-order valence-corrected chi connectivity index (χ0v) is 18.5. The Hall–Kier alpha value is -3.11. The van der Waals surface area contributed by atoms with Gasteiger partial charge in [0.25, 0.3) is 5.91 Å². The molecule has 1 N–H and O–H groups in total. The molecule has 0 atom stereocenters. The summed E-state index contributed by atoms with van der Waals surface area (Å²) in [5, 5.41) is 12.2.